The third-order valence-corrected chi connectivity index (χ3v) is 1.91. The number of aromatic nitrogens is 3. The van der Waals surface area contributed by atoms with Gasteiger partial charge in [0.15, 0.2) is 11.6 Å². The zero-order chi connectivity index (χ0) is 10.6. The van der Waals surface area contributed by atoms with E-state index in [0.29, 0.717) is 12.4 Å². The van der Waals surface area contributed by atoms with E-state index >= 15 is 0 Å². The summed E-state index contributed by atoms with van der Waals surface area (Å²) in [5, 5.41) is 16.8. The van der Waals surface area contributed by atoms with E-state index in [1.165, 1.54) is 0 Å². The second-order valence-electron chi connectivity index (χ2n) is 3.29. The van der Waals surface area contributed by atoms with Crippen LogP contribution < -0.4 is 0 Å². The minimum absolute atomic E-state index is 0.0808. The molecule has 5 heteroatoms. The highest BCUT2D eigenvalue weighted by molar-refractivity contribution is 4.93. The molecule has 0 aliphatic rings. The van der Waals surface area contributed by atoms with Crippen molar-refractivity contribution in [2.24, 2.45) is 0 Å². The van der Waals surface area contributed by atoms with E-state index in [2.05, 4.69) is 10.2 Å². The first-order valence-electron chi connectivity index (χ1n) is 4.82. The van der Waals surface area contributed by atoms with Crippen molar-refractivity contribution in [3.63, 3.8) is 0 Å². The molecule has 1 N–H and O–H groups in total. The van der Waals surface area contributed by atoms with Crippen LogP contribution >= 0.6 is 0 Å². The standard InChI is InChI=1S/C9H17N3O2/c1-4-12-8(5-13)10-11-9(12)6-14-7(2)3/h7,13H,4-6H2,1-3H3. The quantitative estimate of drug-likeness (QED) is 0.759. The molecular formula is C9H17N3O2. The Morgan fingerprint density at radius 1 is 1.36 bits per heavy atom. The van der Waals surface area contributed by atoms with Gasteiger partial charge in [0.2, 0.25) is 0 Å². The van der Waals surface area contributed by atoms with Crippen molar-refractivity contribution in [2.45, 2.75) is 46.6 Å². The van der Waals surface area contributed by atoms with E-state index in [4.69, 9.17) is 9.84 Å². The molecule has 1 rings (SSSR count). The summed E-state index contributed by atoms with van der Waals surface area (Å²) in [7, 11) is 0. The van der Waals surface area contributed by atoms with Crippen molar-refractivity contribution >= 4 is 0 Å². The van der Waals surface area contributed by atoms with Crippen LogP contribution in [0.15, 0.2) is 0 Å². The summed E-state index contributed by atoms with van der Waals surface area (Å²) in [4.78, 5) is 0. The van der Waals surface area contributed by atoms with Crippen LogP contribution in [0.2, 0.25) is 0 Å². The van der Waals surface area contributed by atoms with Crippen molar-refractivity contribution in [3.05, 3.63) is 11.6 Å². The van der Waals surface area contributed by atoms with Gasteiger partial charge in [-0.2, -0.15) is 0 Å². The fraction of sp³-hybridized carbons (Fsp3) is 0.778. The van der Waals surface area contributed by atoms with E-state index in [0.717, 1.165) is 12.4 Å². The number of hydrogen-bond donors (Lipinski definition) is 1. The molecule has 0 aliphatic heterocycles. The van der Waals surface area contributed by atoms with Gasteiger partial charge in [-0.3, -0.25) is 0 Å². The Labute approximate surface area is 83.7 Å². The van der Waals surface area contributed by atoms with Gasteiger partial charge in [-0.05, 0) is 20.8 Å². The summed E-state index contributed by atoms with van der Waals surface area (Å²) in [5.41, 5.74) is 0. The molecule has 0 radical (unpaired) electrons. The maximum absolute atomic E-state index is 8.98. The van der Waals surface area contributed by atoms with Crippen LogP contribution in [0.25, 0.3) is 0 Å². The van der Waals surface area contributed by atoms with Gasteiger partial charge >= 0.3 is 0 Å². The minimum Gasteiger partial charge on any atom is -0.388 e. The first kappa shape index (κ1) is 11.1. The molecule has 0 aliphatic carbocycles. The van der Waals surface area contributed by atoms with E-state index in [1.807, 2.05) is 25.3 Å². The Hall–Kier alpha value is -0.940. The maximum Gasteiger partial charge on any atom is 0.159 e. The lowest BCUT2D eigenvalue weighted by Gasteiger charge is -2.08. The van der Waals surface area contributed by atoms with Gasteiger partial charge in [-0.25, -0.2) is 0 Å². The first-order chi connectivity index (χ1) is 6.69. The lowest BCUT2D eigenvalue weighted by molar-refractivity contribution is 0.0591. The summed E-state index contributed by atoms with van der Waals surface area (Å²) in [6, 6.07) is 0. The Morgan fingerprint density at radius 2 is 2.00 bits per heavy atom. The van der Waals surface area contributed by atoms with Crippen molar-refractivity contribution < 1.29 is 9.84 Å². The molecule has 1 heterocycles. The normalized spacial score (nSPS) is 11.2. The Bertz CT molecular complexity index is 284. The second-order valence-corrected chi connectivity index (χ2v) is 3.29. The zero-order valence-corrected chi connectivity index (χ0v) is 8.90. The second kappa shape index (κ2) is 5.07. The predicted molar refractivity (Wildman–Crippen MR) is 51.5 cm³/mol. The Balaban J connectivity index is 2.71. The van der Waals surface area contributed by atoms with Gasteiger partial charge in [0.05, 0.1) is 6.10 Å². The Morgan fingerprint density at radius 3 is 2.50 bits per heavy atom. The van der Waals surface area contributed by atoms with Crippen LogP contribution in [0.5, 0.6) is 0 Å². The van der Waals surface area contributed by atoms with Gasteiger partial charge in [0.1, 0.15) is 13.2 Å². The molecular weight excluding hydrogens is 182 g/mol. The van der Waals surface area contributed by atoms with Crippen molar-refractivity contribution in [2.75, 3.05) is 0 Å². The molecule has 0 saturated carbocycles. The molecule has 0 unspecified atom stereocenters. The summed E-state index contributed by atoms with van der Waals surface area (Å²) in [6.07, 6.45) is 0.176. The number of hydrogen-bond acceptors (Lipinski definition) is 4. The summed E-state index contributed by atoms with van der Waals surface area (Å²) < 4.78 is 7.29. The summed E-state index contributed by atoms with van der Waals surface area (Å²) in [5.74, 6) is 1.36. The Kier molecular flexibility index (Phi) is 4.03. The number of rotatable bonds is 5. The van der Waals surface area contributed by atoms with Crippen LogP contribution in [0, 0.1) is 0 Å². The topological polar surface area (TPSA) is 60.2 Å². The van der Waals surface area contributed by atoms with Gasteiger partial charge in [0.25, 0.3) is 0 Å². The zero-order valence-electron chi connectivity index (χ0n) is 8.90. The van der Waals surface area contributed by atoms with Crippen LogP contribution in [0.4, 0.5) is 0 Å². The highest BCUT2D eigenvalue weighted by atomic mass is 16.5. The average molecular weight is 199 g/mol. The third kappa shape index (κ3) is 2.52. The SMILES string of the molecule is CCn1c(CO)nnc1COC(C)C. The molecule has 0 aromatic carbocycles. The molecule has 1 aromatic heterocycles. The van der Waals surface area contributed by atoms with E-state index in [9.17, 15) is 0 Å². The molecule has 0 saturated heterocycles. The van der Waals surface area contributed by atoms with Crippen LogP contribution in [-0.2, 0) is 24.5 Å². The largest absolute Gasteiger partial charge is 0.388 e. The molecule has 0 bridgehead atoms. The molecule has 14 heavy (non-hydrogen) atoms. The number of aliphatic hydroxyl groups excluding tert-OH is 1. The monoisotopic (exact) mass is 199 g/mol. The summed E-state index contributed by atoms with van der Waals surface area (Å²) in [6.45, 7) is 7.04. The molecule has 0 fully saturated rings. The average Bonchev–Trinajstić information content (AvgIpc) is 2.56. The fourth-order valence-electron chi connectivity index (χ4n) is 1.20. The van der Waals surface area contributed by atoms with Gasteiger partial charge in [0, 0.05) is 6.54 Å². The van der Waals surface area contributed by atoms with Gasteiger partial charge in [-0.1, -0.05) is 0 Å². The van der Waals surface area contributed by atoms with Crippen molar-refractivity contribution in [1.82, 2.24) is 14.8 Å². The molecule has 0 amide bonds. The van der Waals surface area contributed by atoms with E-state index in [1.54, 1.807) is 0 Å². The molecule has 0 atom stereocenters. The van der Waals surface area contributed by atoms with E-state index < -0.39 is 0 Å². The van der Waals surface area contributed by atoms with Crippen molar-refractivity contribution in [3.8, 4) is 0 Å². The predicted octanol–water partition coefficient (Wildman–Crippen LogP) is 0.715. The number of aliphatic hydroxyl groups is 1. The lowest BCUT2D eigenvalue weighted by Crippen LogP contribution is -2.10. The molecule has 80 valence electrons. The molecule has 1 aromatic rings. The molecule has 5 nitrogen and oxygen atoms in total. The van der Waals surface area contributed by atoms with E-state index in [-0.39, 0.29) is 12.7 Å². The molecule has 0 spiro atoms. The minimum atomic E-state index is -0.0808. The summed E-state index contributed by atoms with van der Waals surface area (Å²) >= 11 is 0. The number of ether oxygens (including phenoxy) is 1. The fourth-order valence-corrected chi connectivity index (χ4v) is 1.20. The van der Waals surface area contributed by atoms with Crippen LogP contribution in [-0.4, -0.2) is 26.0 Å². The van der Waals surface area contributed by atoms with Gasteiger partial charge in [-0.15, -0.1) is 10.2 Å². The maximum atomic E-state index is 8.98. The smallest absolute Gasteiger partial charge is 0.159 e. The van der Waals surface area contributed by atoms with Gasteiger partial charge < -0.3 is 14.4 Å². The van der Waals surface area contributed by atoms with Crippen LogP contribution in [0.3, 0.4) is 0 Å². The highest BCUT2D eigenvalue weighted by Crippen LogP contribution is 2.05. The highest BCUT2D eigenvalue weighted by Gasteiger charge is 2.09. The van der Waals surface area contributed by atoms with Crippen molar-refractivity contribution in [1.29, 1.82) is 0 Å². The van der Waals surface area contributed by atoms with Crippen LogP contribution in [0.1, 0.15) is 32.4 Å². The number of nitrogens with zero attached hydrogens (tertiary/aromatic N) is 3. The first-order valence-corrected chi connectivity index (χ1v) is 4.82. The third-order valence-electron chi connectivity index (χ3n) is 1.91. The lowest BCUT2D eigenvalue weighted by atomic mass is 10.5.